The number of carbonyl (C=O) groups is 1. The number of rotatable bonds is 6. The summed E-state index contributed by atoms with van der Waals surface area (Å²) in [6.45, 7) is 5.58. The van der Waals surface area contributed by atoms with Gasteiger partial charge in [-0.3, -0.25) is 0 Å². The Morgan fingerprint density at radius 3 is 2.93 bits per heavy atom. The number of ether oxygens (including phenoxy) is 1. The molecule has 1 N–H and O–H groups in total. The van der Waals surface area contributed by atoms with Gasteiger partial charge in [-0.1, -0.05) is 6.92 Å². The van der Waals surface area contributed by atoms with Crippen LogP contribution in [0.25, 0.3) is 0 Å². The second-order valence-electron chi connectivity index (χ2n) is 3.26. The number of imidazole rings is 1. The van der Waals surface area contributed by atoms with E-state index < -0.39 is 5.97 Å². The third kappa shape index (κ3) is 3.06. The van der Waals surface area contributed by atoms with Gasteiger partial charge in [0.2, 0.25) is 0 Å². The lowest BCUT2D eigenvalue weighted by Gasteiger charge is -2.07. The van der Waals surface area contributed by atoms with Crippen molar-refractivity contribution in [3.05, 3.63) is 17.7 Å². The van der Waals surface area contributed by atoms with Gasteiger partial charge in [-0.05, 0) is 13.3 Å². The molecule has 1 rings (SSSR count). The maximum Gasteiger partial charge on any atom is 0.354 e. The molecule has 0 aromatic carbocycles. The first kappa shape index (κ1) is 11.7. The van der Waals surface area contributed by atoms with Gasteiger partial charge in [-0.25, -0.2) is 9.78 Å². The van der Waals surface area contributed by atoms with Crippen LogP contribution >= 0.6 is 0 Å². The van der Waals surface area contributed by atoms with E-state index >= 15 is 0 Å². The van der Waals surface area contributed by atoms with Gasteiger partial charge < -0.3 is 14.4 Å². The molecule has 5 heteroatoms. The van der Waals surface area contributed by atoms with Gasteiger partial charge in [-0.15, -0.1) is 0 Å². The van der Waals surface area contributed by atoms with Gasteiger partial charge >= 0.3 is 5.97 Å². The summed E-state index contributed by atoms with van der Waals surface area (Å²) >= 11 is 0. The average Bonchev–Trinajstić information content (AvgIpc) is 2.55. The summed E-state index contributed by atoms with van der Waals surface area (Å²) in [5, 5.41) is 8.88. The minimum atomic E-state index is -0.953. The van der Waals surface area contributed by atoms with Crippen molar-refractivity contribution in [2.75, 3.05) is 13.2 Å². The molecular weight excluding hydrogens is 196 g/mol. The largest absolute Gasteiger partial charge is 0.477 e. The molecule has 15 heavy (non-hydrogen) atoms. The fourth-order valence-corrected chi connectivity index (χ4v) is 1.32. The summed E-state index contributed by atoms with van der Waals surface area (Å²) in [5.41, 5.74) is 0.215. The Bertz CT molecular complexity index is 333. The van der Waals surface area contributed by atoms with Gasteiger partial charge in [-0.2, -0.15) is 0 Å². The maximum absolute atomic E-state index is 10.8. The number of aromatic nitrogens is 2. The highest BCUT2D eigenvalue weighted by molar-refractivity contribution is 5.85. The van der Waals surface area contributed by atoms with Crippen molar-refractivity contribution in [2.24, 2.45) is 0 Å². The zero-order chi connectivity index (χ0) is 11.3. The minimum Gasteiger partial charge on any atom is -0.477 e. The predicted molar refractivity (Wildman–Crippen MR) is 55.0 cm³/mol. The highest BCUT2D eigenvalue weighted by Gasteiger charge is 2.12. The molecular formula is C10H16N2O3. The number of nitrogens with zero attached hydrogens (tertiary/aromatic N) is 2. The Hall–Kier alpha value is -1.36. The summed E-state index contributed by atoms with van der Waals surface area (Å²) in [5.74, 6) is -0.251. The SMILES string of the molecule is CCCOCCn1c(C(=O)O)cnc1C. The lowest BCUT2D eigenvalue weighted by molar-refractivity contribution is 0.0679. The van der Waals surface area contributed by atoms with E-state index in [2.05, 4.69) is 4.98 Å². The molecule has 0 saturated heterocycles. The Balaban J connectivity index is 2.58. The molecule has 0 unspecified atom stereocenters. The fourth-order valence-electron chi connectivity index (χ4n) is 1.32. The van der Waals surface area contributed by atoms with E-state index in [1.807, 2.05) is 6.92 Å². The highest BCUT2D eigenvalue weighted by atomic mass is 16.5. The van der Waals surface area contributed by atoms with Gasteiger partial charge in [0.25, 0.3) is 0 Å². The van der Waals surface area contributed by atoms with Crippen LogP contribution in [0.4, 0.5) is 0 Å². The number of carboxylic acids is 1. The second kappa shape index (κ2) is 5.50. The molecule has 0 fully saturated rings. The van der Waals surface area contributed by atoms with E-state index in [-0.39, 0.29) is 5.69 Å². The van der Waals surface area contributed by atoms with Gasteiger partial charge in [0, 0.05) is 13.2 Å². The van der Waals surface area contributed by atoms with Gasteiger partial charge in [0.05, 0.1) is 12.8 Å². The van der Waals surface area contributed by atoms with Crippen LogP contribution in [0.1, 0.15) is 29.7 Å². The first-order valence-electron chi connectivity index (χ1n) is 5.00. The van der Waals surface area contributed by atoms with E-state index in [0.29, 0.717) is 25.6 Å². The summed E-state index contributed by atoms with van der Waals surface area (Å²) in [7, 11) is 0. The molecule has 0 radical (unpaired) electrons. The van der Waals surface area contributed by atoms with Crippen LogP contribution < -0.4 is 0 Å². The Kier molecular flexibility index (Phi) is 4.30. The zero-order valence-electron chi connectivity index (χ0n) is 9.06. The Morgan fingerprint density at radius 2 is 2.33 bits per heavy atom. The normalized spacial score (nSPS) is 10.5. The van der Waals surface area contributed by atoms with Gasteiger partial charge in [0.15, 0.2) is 0 Å². The Morgan fingerprint density at radius 1 is 1.60 bits per heavy atom. The van der Waals surface area contributed by atoms with Crippen molar-refractivity contribution in [1.82, 2.24) is 9.55 Å². The number of carboxylic acid groups (broad SMARTS) is 1. The molecule has 0 aliphatic carbocycles. The molecule has 1 aromatic heterocycles. The van der Waals surface area contributed by atoms with Gasteiger partial charge in [0.1, 0.15) is 11.5 Å². The van der Waals surface area contributed by atoms with Crippen molar-refractivity contribution < 1.29 is 14.6 Å². The first-order chi connectivity index (χ1) is 7.16. The zero-order valence-corrected chi connectivity index (χ0v) is 9.06. The summed E-state index contributed by atoms with van der Waals surface area (Å²) in [6.07, 6.45) is 2.34. The first-order valence-corrected chi connectivity index (χ1v) is 5.00. The van der Waals surface area contributed by atoms with E-state index in [4.69, 9.17) is 9.84 Å². The van der Waals surface area contributed by atoms with Crippen molar-refractivity contribution in [3.8, 4) is 0 Å². The quantitative estimate of drug-likeness (QED) is 0.722. The van der Waals surface area contributed by atoms with E-state index in [0.717, 1.165) is 6.42 Å². The molecule has 0 bridgehead atoms. The summed E-state index contributed by atoms with van der Waals surface area (Å²) < 4.78 is 6.96. The lowest BCUT2D eigenvalue weighted by Crippen LogP contribution is -2.14. The van der Waals surface area contributed by atoms with Crippen molar-refractivity contribution in [2.45, 2.75) is 26.8 Å². The third-order valence-electron chi connectivity index (χ3n) is 2.08. The van der Waals surface area contributed by atoms with Crippen LogP contribution in [0.3, 0.4) is 0 Å². The second-order valence-corrected chi connectivity index (χ2v) is 3.26. The van der Waals surface area contributed by atoms with Crippen LogP contribution in [0.2, 0.25) is 0 Å². The maximum atomic E-state index is 10.8. The fraction of sp³-hybridized carbons (Fsp3) is 0.600. The molecule has 0 amide bonds. The van der Waals surface area contributed by atoms with Crippen molar-refractivity contribution >= 4 is 5.97 Å². The monoisotopic (exact) mass is 212 g/mol. The van der Waals surface area contributed by atoms with Crippen molar-refractivity contribution in [3.63, 3.8) is 0 Å². The standard InChI is InChI=1S/C10H16N2O3/c1-3-5-15-6-4-12-8(2)11-7-9(12)10(13)14/h7H,3-6H2,1-2H3,(H,13,14). The molecule has 1 heterocycles. The predicted octanol–water partition coefficient (Wildman–Crippen LogP) is 1.32. The van der Waals surface area contributed by atoms with Crippen LogP contribution in [0, 0.1) is 6.92 Å². The summed E-state index contributed by atoms with van der Waals surface area (Å²) in [4.78, 5) is 14.8. The highest BCUT2D eigenvalue weighted by Crippen LogP contribution is 2.04. The van der Waals surface area contributed by atoms with Crippen LogP contribution in [0.15, 0.2) is 6.20 Å². The van der Waals surface area contributed by atoms with Crippen LogP contribution in [-0.2, 0) is 11.3 Å². The molecule has 84 valence electrons. The molecule has 0 aliphatic rings. The van der Waals surface area contributed by atoms with Crippen molar-refractivity contribution in [1.29, 1.82) is 0 Å². The molecule has 0 saturated carbocycles. The number of aromatic carboxylic acids is 1. The average molecular weight is 212 g/mol. The molecule has 1 aromatic rings. The topological polar surface area (TPSA) is 64.3 Å². The van der Waals surface area contributed by atoms with Crippen LogP contribution in [-0.4, -0.2) is 33.8 Å². The molecule has 5 nitrogen and oxygen atoms in total. The van der Waals surface area contributed by atoms with Crippen LogP contribution in [0.5, 0.6) is 0 Å². The van der Waals surface area contributed by atoms with E-state index in [1.165, 1.54) is 6.20 Å². The van der Waals surface area contributed by atoms with E-state index in [9.17, 15) is 4.79 Å². The molecule has 0 spiro atoms. The minimum absolute atomic E-state index is 0.215. The number of hydrogen-bond acceptors (Lipinski definition) is 3. The summed E-state index contributed by atoms with van der Waals surface area (Å²) in [6, 6.07) is 0. The smallest absolute Gasteiger partial charge is 0.354 e. The Labute approximate surface area is 88.7 Å². The number of hydrogen-bond donors (Lipinski definition) is 1. The van der Waals surface area contributed by atoms with E-state index in [1.54, 1.807) is 11.5 Å². The molecule has 0 aliphatic heterocycles. The number of aryl methyl sites for hydroxylation is 1. The third-order valence-corrected chi connectivity index (χ3v) is 2.08. The molecule has 0 atom stereocenters. The lowest BCUT2D eigenvalue weighted by atomic mass is 10.4.